The van der Waals surface area contributed by atoms with Gasteiger partial charge in [-0.05, 0) is 65.5 Å². The molecule has 4 heteroatoms. The Morgan fingerprint density at radius 1 is 0.935 bits per heavy atom. The molecule has 0 bridgehead atoms. The molecule has 2 fully saturated rings. The fourth-order valence-corrected chi connectivity index (χ4v) is 6.11. The minimum atomic E-state index is -0.375. The topological polar surface area (TPSA) is 65.8 Å². The van der Waals surface area contributed by atoms with E-state index in [0.29, 0.717) is 18.1 Å². The largest absolute Gasteiger partial charge is 0.299 e. The monoisotopic (exact) mass is 409 g/mol. The van der Waals surface area contributed by atoms with Crippen LogP contribution in [0.3, 0.4) is 0 Å². The quantitative estimate of drug-likeness (QED) is 0.260. The normalized spacial score (nSPS) is 28.0. The summed E-state index contributed by atoms with van der Waals surface area (Å²) in [6.45, 7) is 0. The molecule has 0 aromatic heterocycles. The van der Waals surface area contributed by atoms with Gasteiger partial charge in [0, 0.05) is 22.7 Å². The Kier molecular flexibility index (Phi) is 5.25. The molecule has 2 atom stereocenters. The Balaban J connectivity index is 1.36. The van der Waals surface area contributed by atoms with Crippen molar-refractivity contribution >= 4 is 16.6 Å². The van der Waals surface area contributed by atoms with Crippen LogP contribution < -0.4 is 0 Å². The Morgan fingerprint density at radius 3 is 2.39 bits per heavy atom. The highest BCUT2D eigenvalue weighted by atomic mass is 16.1. The van der Waals surface area contributed by atoms with Gasteiger partial charge in [-0.15, -0.1) is 0 Å². The van der Waals surface area contributed by atoms with Crippen molar-refractivity contribution in [2.24, 2.45) is 16.4 Å². The van der Waals surface area contributed by atoms with Crippen LogP contribution in [0.4, 0.5) is 0 Å². The van der Waals surface area contributed by atoms with Crippen molar-refractivity contribution in [1.82, 2.24) is 0 Å². The molecular weight excluding hydrogens is 382 g/mol. The lowest BCUT2D eigenvalue weighted by atomic mass is 9.62. The van der Waals surface area contributed by atoms with Gasteiger partial charge < -0.3 is 0 Å². The molecule has 4 nitrogen and oxygen atoms in total. The maximum Gasteiger partial charge on any atom is 0.140 e. The van der Waals surface area contributed by atoms with E-state index in [0.717, 1.165) is 37.7 Å². The molecule has 1 spiro atoms. The van der Waals surface area contributed by atoms with Gasteiger partial charge in [0.25, 0.3) is 0 Å². The molecule has 5 rings (SSSR count). The molecule has 2 aliphatic rings. The minimum absolute atomic E-state index is 0.00119. The molecule has 2 aliphatic carbocycles. The molecule has 3 aromatic carbocycles. The molecule has 0 radical (unpaired) electrons. The SMILES string of the molecule is [N-]=[N+]=NC1CC(=O)C2(CCC(Cc3ccc4ccccc4c3)CC2)C1c1ccccc1. The standard InChI is InChI=1S/C27H27N3O/c28-30-29-24-18-25(31)27(26(24)22-7-2-1-3-8-22)14-12-19(13-15-27)16-20-10-11-21-6-4-5-9-23(21)17-20/h1-11,17,19,24,26H,12-16,18H2. The number of benzene rings is 3. The third-order valence-electron chi connectivity index (χ3n) is 7.62. The summed E-state index contributed by atoms with van der Waals surface area (Å²) < 4.78 is 0. The average Bonchev–Trinajstić information content (AvgIpc) is 3.07. The number of azide groups is 1. The van der Waals surface area contributed by atoms with Crippen LogP contribution in [0.5, 0.6) is 0 Å². The van der Waals surface area contributed by atoms with Gasteiger partial charge in [-0.2, -0.15) is 0 Å². The summed E-state index contributed by atoms with van der Waals surface area (Å²) in [5.74, 6) is 0.885. The Bertz CT molecular complexity index is 1140. The second kappa shape index (κ2) is 8.20. The fraction of sp³-hybridized carbons (Fsp3) is 0.370. The number of rotatable bonds is 4. The predicted octanol–water partition coefficient (Wildman–Crippen LogP) is 6.99. The number of hydrogen-bond donors (Lipinski definition) is 0. The van der Waals surface area contributed by atoms with Gasteiger partial charge in [-0.3, -0.25) is 4.79 Å². The molecule has 3 aromatic rings. The molecule has 0 N–H and O–H groups in total. The highest BCUT2D eigenvalue weighted by molar-refractivity contribution is 5.90. The van der Waals surface area contributed by atoms with E-state index in [-0.39, 0.29) is 17.4 Å². The van der Waals surface area contributed by atoms with Gasteiger partial charge in [0.05, 0.1) is 6.04 Å². The molecule has 156 valence electrons. The number of Topliss-reactive ketones (excluding diaryl/α,β-unsaturated/α-hetero) is 1. The first-order valence-corrected chi connectivity index (χ1v) is 11.3. The first kappa shape index (κ1) is 19.8. The molecule has 31 heavy (non-hydrogen) atoms. The maximum atomic E-state index is 13.2. The summed E-state index contributed by atoms with van der Waals surface area (Å²) >= 11 is 0. The van der Waals surface area contributed by atoms with Gasteiger partial charge in [0.2, 0.25) is 0 Å². The number of ketones is 1. The van der Waals surface area contributed by atoms with E-state index in [2.05, 4.69) is 64.6 Å². The van der Waals surface area contributed by atoms with E-state index in [4.69, 9.17) is 5.53 Å². The molecule has 2 unspecified atom stereocenters. The van der Waals surface area contributed by atoms with Crippen molar-refractivity contribution in [3.8, 4) is 0 Å². The van der Waals surface area contributed by atoms with E-state index in [1.807, 2.05) is 18.2 Å². The van der Waals surface area contributed by atoms with Crippen LogP contribution in [-0.4, -0.2) is 11.8 Å². The number of nitrogens with zero attached hydrogens (tertiary/aromatic N) is 3. The molecule has 0 amide bonds. The molecule has 2 saturated carbocycles. The van der Waals surface area contributed by atoms with Gasteiger partial charge in [-0.1, -0.05) is 77.9 Å². The molecule has 0 aliphatic heterocycles. The summed E-state index contributed by atoms with van der Waals surface area (Å²) in [6, 6.07) is 25.2. The number of carbonyl (C=O) groups excluding carboxylic acids is 1. The summed E-state index contributed by atoms with van der Waals surface area (Å²) in [5.41, 5.74) is 11.2. The lowest BCUT2D eigenvalue weighted by molar-refractivity contribution is -0.128. The van der Waals surface area contributed by atoms with Crippen LogP contribution >= 0.6 is 0 Å². The van der Waals surface area contributed by atoms with Crippen LogP contribution in [0, 0.1) is 11.3 Å². The lowest BCUT2D eigenvalue weighted by Crippen LogP contribution is -2.37. The van der Waals surface area contributed by atoms with E-state index in [1.165, 1.54) is 16.3 Å². The van der Waals surface area contributed by atoms with Crippen LogP contribution in [0.2, 0.25) is 0 Å². The summed E-state index contributed by atoms with van der Waals surface area (Å²) in [4.78, 5) is 16.3. The summed E-state index contributed by atoms with van der Waals surface area (Å²) in [7, 11) is 0. The van der Waals surface area contributed by atoms with E-state index < -0.39 is 0 Å². The van der Waals surface area contributed by atoms with Crippen molar-refractivity contribution in [2.75, 3.05) is 0 Å². The number of hydrogen-bond acceptors (Lipinski definition) is 2. The second-order valence-electron chi connectivity index (χ2n) is 9.27. The molecule has 0 saturated heterocycles. The van der Waals surface area contributed by atoms with Crippen LogP contribution in [0.1, 0.15) is 49.1 Å². The second-order valence-corrected chi connectivity index (χ2v) is 9.27. The fourth-order valence-electron chi connectivity index (χ4n) is 6.11. The van der Waals surface area contributed by atoms with Crippen LogP contribution in [0.25, 0.3) is 21.2 Å². The maximum absolute atomic E-state index is 13.2. The zero-order valence-corrected chi connectivity index (χ0v) is 17.7. The number of carbonyl (C=O) groups is 1. The van der Waals surface area contributed by atoms with Gasteiger partial charge in [-0.25, -0.2) is 0 Å². The van der Waals surface area contributed by atoms with E-state index in [9.17, 15) is 4.79 Å². The Hall–Kier alpha value is -3.10. The van der Waals surface area contributed by atoms with Crippen LogP contribution in [0.15, 0.2) is 77.9 Å². The van der Waals surface area contributed by atoms with Crippen molar-refractivity contribution in [1.29, 1.82) is 0 Å². The average molecular weight is 410 g/mol. The van der Waals surface area contributed by atoms with Crippen molar-refractivity contribution in [2.45, 2.75) is 50.5 Å². The smallest absolute Gasteiger partial charge is 0.140 e. The van der Waals surface area contributed by atoms with Crippen LogP contribution in [-0.2, 0) is 11.2 Å². The van der Waals surface area contributed by atoms with Gasteiger partial charge in [0.15, 0.2) is 0 Å². The first-order valence-electron chi connectivity index (χ1n) is 11.3. The van der Waals surface area contributed by atoms with Crippen molar-refractivity contribution in [3.63, 3.8) is 0 Å². The zero-order chi connectivity index (χ0) is 21.3. The lowest BCUT2D eigenvalue weighted by Gasteiger charge is -2.41. The zero-order valence-electron chi connectivity index (χ0n) is 17.7. The van der Waals surface area contributed by atoms with Crippen molar-refractivity contribution in [3.05, 3.63) is 94.4 Å². The van der Waals surface area contributed by atoms with Gasteiger partial charge >= 0.3 is 0 Å². The summed E-state index contributed by atoms with van der Waals surface area (Å²) in [6.07, 6.45) is 5.31. The minimum Gasteiger partial charge on any atom is -0.299 e. The molecule has 0 heterocycles. The highest BCUT2D eigenvalue weighted by Crippen LogP contribution is 2.57. The molecular formula is C27H27N3O. The van der Waals surface area contributed by atoms with E-state index >= 15 is 0 Å². The number of fused-ring (bicyclic) bond motifs is 1. The Labute approximate surface area is 182 Å². The predicted molar refractivity (Wildman–Crippen MR) is 124 cm³/mol. The van der Waals surface area contributed by atoms with Gasteiger partial charge in [0.1, 0.15) is 5.78 Å². The third kappa shape index (κ3) is 3.62. The highest BCUT2D eigenvalue weighted by Gasteiger charge is 2.55. The third-order valence-corrected chi connectivity index (χ3v) is 7.62. The van der Waals surface area contributed by atoms with Crippen molar-refractivity contribution < 1.29 is 4.79 Å². The Morgan fingerprint density at radius 2 is 1.65 bits per heavy atom. The van der Waals surface area contributed by atoms with E-state index in [1.54, 1.807) is 0 Å². The summed E-state index contributed by atoms with van der Waals surface area (Å²) in [5, 5.41) is 6.63. The first-order chi connectivity index (χ1) is 15.2.